The van der Waals surface area contributed by atoms with Crippen molar-refractivity contribution >= 4 is 11.9 Å². The normalized spacial score (nSPS) is 11.3. The van der Waals surface area contributed by atoms with E-state index in [1.54, 1.807) is 19.0 Å². The number of nitrogens with zero attached hydrogens (tertiary/aromatic N) is 2. The summed E-state index contributed by atoms with van der Waals surface area (Å²) in [5.41, 5.74) is 0. The first kappa shape index (κ1) is 18.7. The van der Waals surface area contributed by atoms with Crippen LogP contribution in [0.2, 0.25) is 0 Å². The number of carbonyl (C=O) groups excluding carboxylic acids is 1. The largest absolute Gasteiger partial charge is 0.382 e. The molecule has 0 aromatic rings. The second-order valence-electron chi connectivity index (χ2n) is 4.71. The first-order chi connectivity index (χ1) is 9.61. The van der Waals surface area contributed by atoms with E-state index >= 15 is 0 Å². The van der Waals surface area contributed by atoms with Gasteiger partial charge in [0.15, 0.2) is 5.96 Å². The summed E-state index contributed by atoms with van der Waals surface area (Å²) in [6, 6.07) is 0. The molecule has 0 unspecified atom stereocenters. The van der Waals surface area contributed by atoms with Crippen LogP contribution in [0.25, 0.3) is 0 Å². The summed E-state index contributed by atoms with van der Waals surface area (Å²) >= 11 is 0. The van der Waals surface area contributed by atoms with Crippen LogP contribution in [-0.2, 0) is 9.53 Å². The van der Waals surface area contributed by atoms with Gasteiger partial charge in [-0.05, 0) is 26.2 Å². The standard InChI is InChI=1S/C14H30N4O2/c1-5-9-15-14(17-12-13(19)18(3)4)16-10-7-8-11-20-6-2/h5-12H2,1-4H3,(H2,15,16,17). The molecule has 0 aromatic heterocycles. The van der Waals surface area contributed by atoms with Crippen molar-refractivity contribution in [2.45, 2.75) is 33.1 Å². The third kappa shape index (κ3) is 10.6. The number of hydrogen-bond acceptors (Lipinski definition) is 3. The number of unbranched alkanes of at least 4 members (excludes halogenated alkanes) is 1. The molecule has 0 aliphatic heterocycles. The van der Waals surface area contributed by atoms with Gasteiger partial charge in [-0.2, -0.15) is 0 Å². The Morgan fingerprint density at radius 2 is 1.85 bits per heavy atom. The molecule has 0 saturated heterocycles. The second kappa shape index (κ2) is 12.7. The van der Waals surface area contributed by atoms with Crippen LogP contribution in [0.1, 0.15) is 33.1 Å². The third-order valence-electron chi connectivity index (χ3n) is 2.63. The second-order valence-corrected chi connectivity index (χ2v) is 4.71. The van der Waals surface area contributed by atoms with E-state index in [1.165, 1.54) is 0 Å². The van der Waals surface area contributed by atoms with Crippen LogP contribution in [0, 0.1) is 0 Å². The van der Waals surface area contributed by atoms with Crippen molar-refractivity contribution in [2.24, 2.45) is 4.99 Å². The third-order valence-corrected chi connectivity index (χ3v) is 2.63. The lowest BCUT2D eigenvalue weighted by Crippen LogP contribution is -2.39. The molecule has 0 radical (unpaired) electrons. The number of guanidine groups is 1. The van der Waals surface area contributed by atoms with Gasteiger partial charge in [0.05, 0.1) is 0 Å². The van der Waals surface area contributed by atoms with Gasteiger partial charge < -0.3 is 20.3 Å². The fourth-order valence-corrected chi connectivity index (χ4v) is 1.39. The van der Waals surface area contributed by atoms with Crippen molar-refractivity contribution in [2.75, 3.05) is 46.9 Å². The summed E-state index contributed by atoms with van der Waals surface area (Å²) in [7, 11) is 3.47. The fraction of sp³-hybridized carbons (Fsp3) is 0.857. The van der Waals surface area contributed by atoms with Crippen LogP contribution in [0.5, 0.6) is 0 Å². The van der Waals surface area contributed by atoms with Gasteiger partial charge in [0, 0.05) is 40.4 Å². The molecule has 2 N–H and O–H groups in total. The number of likely N-dealkylation sites (N-methyl/N-ethyl adjacent to an activating group) is 1. The molecule has 0 atom stereocenters. The highest BCUT2D eigenvalue weighted by atomic mass is 16.5. The highest BCUT2D eigenvalue weighted by Gasteiger charge is 2.03. The Labute approximate surface area is 123 Å². The number of carbonyl (C=O) groups is 1. The molecule has 0 aliphatic carbocycles. The van der Waals surface area contributed by atoms with Crippen molar-refractivity contribution < 1.29 is 9.53 Å². The molecule has 20 heavy (non-hydrogen) atoms. The van der Waals surface area contributed by atoms with Crippen LogP contribution in [0.15, 0.2) is 4.99 Å². The summed E-state index contributed by atoms with van der Waals surface area (Å²) in [6.45, 7) is 7.51. The maximum atomic E-state index is 11.5. The van der Waals surface area contributed by atoms with E-state index in [-0.39, 0.29) is 12.5 Å². The van der Waals surface area contributed by atoms with Crippen LogP contribution in [-0.4, -0.2) is 63.7 Å². The summed E-state index contributed by atoms with van der Waals surface area (Å²) in [5, 5.41) is 6.44. The molecule has 0 fully saturated rings. The van der Waals surface area contributed by atoms with Crippen molar-refractivity contribution in [3.8, 4) is 0 Å². The first-order valence-electron chi connectivity index (χ1n) is 7.41. The molecule has 0 rings (SSSR count). The number of ether oxygens (including phenoxy) is 1. The zero-order valence-corrected chi connectivity index (χ0v) is 13.4. The van der Waals surface area contributed by atoms with E-state index < -0.39 is 0 Å². The van der Waals surface area contributed by atoms with E-state index in [2.05, 4.69) is 22.5 Å². The average Bonchev–Trinajstić information content (AvgIpc) is 2.44. The number of nitrogens with one attached hydrogen (secondary N) is 2. The molecule has 6 heteroatoms. The Balaban J connectivity index is 4.00. The van der Waals surface area contributed by atoms with E-state index in [4.69, 9.17) is 4.74 Å². The van der Waals surface area contributed by atoms with Gasteiger partial charge in [-0.1, -0.05) is 6.92 Å². The predicted octanol–water partition coefficient (Wildman–Crippen LogP) is 0.837. The molecule has 0 aromatic carbocycles. The van der Waals surface area contributed by atoms with Gasteiger partial charge in [0.1, 0.15) is 6.54 Å². The van der Waals surface area contributed by atoms with Crippen LogP contribution >= 0.6 is 0 Å². The lowest BCUT2D eigenvalue weighted by molar-refractivity contribution is -0.127. The van der Waals surface area contributed by atoms with E-state index in [1.807, 2.05) is 6.92 Å². The van der Waals surface area contributed by atoms with Crippen LogP contribution in [0.4, 0.5) is 0 Å². The minimum Gasteiger partial charge on any atom is -0.382 e. The first-order valence-corrected chi connectivity index (χ1v) is 7.41. The van der Waals surface area contributed by atoms with E-state index in [0.29, 0.717) is 5.96 Å². The molecule has 0 bridgehead atoms. The molecule has 6 nitrogen and oxygen atoms in total. The molecule has 0 spiro atoms. The number of hydrogen-bond donors (Lipinski definition) is 2. The number of aliphatic imine (C=N–C) groups is 1. The Hall–Kier alpha value is -1.30. The van der Waals surface area contributed by atoms with E-state index in [0.717, 1.165) is 45.6 Å². The molecular weight excluding hydrogens is 256 g/mol. The Bertz CT molecular complexity index is 280. The van der Waals surface area contributed by atoms with Gasteiger partial charge >= 0.3 is 0 Å². The zero-order valence-electron chi connectivity index (χ0n) is 13.4. The smallest absolute Gasteiger partial charge is 0.243 e. The summed E-state index contributed by atoms with van der Waals surface area (Å²) in [6.07, 6.45) is 3.07. The highest BCUT2D eigenvalue weighted by Crippen LogP contribution is 1.89. The molecule has 118 valence electrons. The number of rotatable bonds is 10. The van der Waals surface area contributed by atoms with Crippen LogP contribution < -0.4 is 10.6 Å². The predicted molar refractivity (Wildman–Crippen MR) is 83.0 cm³/mol. The summed E-state index contributed by atoms with van der Waals surface area (Å²) < 4.78 is 5.29. The monoisotopic (exact) mass is 286 g/mol. The molecule has 0 saturated carbocycles. The van der Waals surface area contributed by atoms with Crippen molar-refractivity contribution in [3.63, 3.8) is 0 Å². The minimum absolute atomic E-state index is 0.000978. The molecular formula is C14H30N4O2. The van der Waals surface area contributed by atoms with Gasteiger partial charge in [-0.15, -0.1) is 0 Å². The average molecular weight is 286 g/mol. The number of amides is 1. The lowest BCUT2D eigenvalue weighted by Gasteiger charge is -2.13. The molecule has 1 amide bonds. The molecule has 0 aliphatic rings. The summed E-state index contributed by atoms with van der Waals surface area (Å²) in [5.74, 6) is 0.706. The fourth-order valence-electron chi connectivity index (χ4n) is 1.39. The quantitative estimate of drug-likeness (QED) is 0.355. The van der Waals surface area contributed by atoms with Gasteiger partial charge in [-0.25, -0.2) is 4.99 Å². The maximum absolute atomic E-state index is 11.5. The zero-order chi connectivity index (χ0) is 15.2. The van der Waals surface area contributed by atoms with Gasteiger partial charge in [0.2, 0.25) is 5.91 Å². The van der Waals surface area contributed by atoms with Crippen molar-refractivity contribution in [1.82, 2.24) is 15.5 Å². The van der Waals surface area contributed by atoms with Gasteiger partial charge in [0.25, 0.3) is 0 Å². The Morgan fingerprint density at radius 1 is 1.15 bits per heavy atom. The van der Waals surface area contributed by atoms with Crippen LogP contribution in [0.3, 0.4) is 0 Å². The van der Waals surface area contributed by atoms with Crippen molar-refractivity contribution in [3.05, 3.63) is 0 Å². The minimum atomic E-state index is -0.000978. The molecule has 0 heterocycles. The summed E-state index contributed by atoms with van der Waals surface area (Å²) in [4.78, 5) is 17.3. The van der Waals surface area contributed by atoms with Gasteiger partial charge in [-0.3, -0.25) is 4.79 Å². The van der Waals surface area contributed by atoms with Crippen molar-refractivity contribution in [1.29, 1.82) is 0 Å². The Morgan fingerprint density at radius 3 is 2.45 bits per heavy atom. The SMILES string of the molecule is CCCNC(=NCC(=O)N(C)C)NCCCCOCC. The maximum Gasteiger partial charge on any atom is 0.243 e. The highest BCUT2D eigenvalue weighted by molar-refractivity contribution is 5.84. The Kier molecular flexibility index (Phi) is 11.9. The van der Waals surface area contributed by atoms with E-state index in [9.17, 15) is 4.79 Å². The lowest BCUT2D eigenvalue weighted by atomic mass is 10.3. The topological polar surface area (TPSA) is 66.0 Å².